The van der Waals surface area contributed by atoms with Crippen LogP contribution in [0.1, 0.15) is 0 Å². The smallest absolute Gasteiger partial charge is 0.262 e. The molecule has 3 nitrogen and oxygen atoms in total. The van der Waals surface area contributed by atoms with Gasteiger partial charge in [0.1, 0.15) is 5.75 Å². The third-order valence-electron chi connectivity index (χ3n) is 2.31. The fraction of sp³-hybridized carbons (Fsp3) is 0.0714. The van der Waals surface area contributed by atoms with Crippen molar-refractivity contribution >= 4 is 50.1 Å². The maximum Gasteiger partial charge on any atom is 0.262 e. The molecule has 1 N–H and O–H groups in total. The molecule has 0 saturated heterocycles. The molecule has 0 aromatic heterocycles. The number of nitrogens with one attached hydrogen (secondary N) is 1. The number of rotatable bonds is 4. The van der Waals surface area contributed by atoms with Crippen LogP contribution in [0.5, 0.6) is 5.75 Å². The third kappa shape index (κ3) is 4.83. The molecule has 0 unspecified atom stereocenters. The molecule has 1 amide bonds. The second kappa shape index (κ2) is 6.91. The summed E-state index contributed by atoms with van der Waals surface area (Å²) in [5, 5.41) is 2.76. The van der Waals surface area contributed by atoms with E-state index in [-0.39, 0.29) is 12.5 Å². The highest BCUT2D eigenvalue weighted by atomic mass is 127. The zero-order valence-corrected chi connectivity index (χ0v) is 13.6. The summed E-state index contributed by atoms with van der Waals surface area (Å²) >= 11 is 5.56. The molecule has 0 aliphatic carbocycles. The molecular weight excluding hydrogens is 421 g/mol. The molecule has 2 aromatic rings. The number of halogens is 2. The van der Waals surface area contributed by atoms with Crippen molar-refractivity contribution in [3.8, 4) is 5.75 Å². The summed E-state index contributed by atoms with van der Waals surface area (Å²) in [6.45, 7) is -0.00332. The lowest BCUT2D eigenvalue weighted by Gasteiger charge is -2.07. The average Bonchev–Trinajstić information content (AvgIpc) is 2.41. The average molecular weight is 432 g/mol. The van der Waals surface area contributed by atoms with Gasteiger partial charge in [0.2, 0.25) is 0 Å². The van der Waals surface area contributed by atoms with E-state index < -0.39 is 0 Å². The highest BCUT2D eigenvalue weighted by Gasteiger charge is 2.03. The Morgan fingerprint density at radius 2 is 1.74 bits per heavy atom. The molecule has 98 valence electrons. The minimum absolute atomic E-state index is 0.00332. The fourth-order valence-electron chi connectivity index (χ4n) is 1.41. The Bertz CT molecular complexity index is 555. The van der Waals surface area contributed by atoms with Gasteiger partial charge in [0.15, 0.2) is 6.61 Å². The van der Waals surface area contributed by atoms with E-state index in [4.69, 9.17) is 4.74 Å². The van der Waals surface area contributed by atoms with Gasteiger partial charge in [-0.15, -0.1) is 0 Å². The SMILES string of the molecule is O=C(COc1ccc(I)cc1)Nc1ccc(Br)cc1. The first kappa shape index (κ1) is 14.3. The van der Waals surface area contributed by atoms with E-state index in [1.807, 2.05) is 48.5 Å². The number of carbonyl (C=O) groups is 1. The van der Waals surface area contributed by atoms with E-state index in [9.17, 15) is 4.79 Å². The second-order valence-electron chi connectivity index (χ2n) is 3.80. The van der Waals surface area contributed by atoms with Crippen LogP contribution in [0.4, 0.5) is 5.69 Å². The van der Waals surface area contributed by atoms with E-state index in [0.717, 1.165) is 13.7 Å². The van der Waals surface area contributed by atoms with Crippen LogP contribution in [0.3, 0.4) is 0 Å². The van der Waals surface area contributed by atoms with E-state index in [1.54, 1.807) is 0 Å². The predicted molar refractivity (Wildman–Crippen MR) is 87.4 cm³/mol. The Morgan fingerprint density at radius 1 is 1.11 bits per heavy atom. The molecule has 19 heavy (non-hydrogen) atoms. The van der Waals surface area contributed by atoms with E-state index in [2.05, 4.69) is 43.8 Å². The van der Waals surface area contributed by atoms with Gasteiger partial charge in [0.25, 0.3) is 5.91 Å². The maximum absolute atomic E-state index is 11.7. The zero-order chi connectivity index (χ0) is 13.7. The van der Waals surface area contributed by atoms with Crippen molar-refractivity contribution in [2.24, 2.45) is 0 Å². The summed E-state index contributed by atoms with van der Waals surface area (Å²) < 4.78 is 7.50. The van der Waals surface area contributed by atoms with Crippen LogP contribution in [0.25, 0.3) is 0 Å². The van der Waals surface area contributed by atoms with Crippen LogP contribution >= 0.6 is 38.5 Å². The van der Waals surface area contributed by atoms with Crippen molar-refractivity contribution in [3.63, 3.8) is 0 Å². The predicted octanol–water partition coefficient (Wildman–Crippen LogP) is 4.07. The standard InChI is InChI=1S/C14H11BrINO2/c15-10-1-5-12(6-2-10)17-14(18)9-19-13-7-3-11(16)4-8-13/h1-8H,9H2,(H,17,18). The first-order valence-electron chi connectivity index (χ1n) is 5.57. The third-order valence-corrected chi connectivity index (χ3v) is 3.56. The number of anilines is 1. The van der Waals surface area contributed by atoms with Crippen molar-refractivity contribution in [2.45, 2.75) is 0 Å². The van der Waals surface area contributed by atoms with Gasteiger partial charge in [-0.2, -0.15) is 0 Å². The van der Waals surface area contributed by atoms with Gasteiger partial charge in [-0.05, 0) is 71.1 Å². The zero-order valence-electron chi connectivity index (χ0n) is 9.90. The number of hydrogen-bond acceptors (Lipinski definition) is 2. The first-order chi connectivity index (χ1) is 9.13. The van der Waals surface area contributed by atoms with Gasteiger partial charge in [-0.1, -0.05) is 15.9 Å². The molecule has 0 aliphatic rings. The Labute approximate surface area is 133 Å². The molecule has 0 saturated carbocycles. The fourth-order valence-corrected chi connectivity index (χ4v) is 2.03. The quantitative estimate of drug-likeness (QED) is 0.741. The number of hydrogen-bond donors (Lipinski definition) is 1. The first-order valence-corrected chi connectivity index (χ1v) is 7.44. The van der Waals surface area contributed by atoms with E-state index >= 15 is 0 Å². The van der Waals surface area contributed by atoms with Crippen molar-refractivity contribution in [3.05, 3.63) is 56.6 Å². The molecule has 0 bridgehead atoms. The van der Waals surface area contributed by atoms with Crippen molar-refractivity contribution in [1.29, 1.82) is 0 Å². The Balaban J connectivity index is 1.84. The Morgan fingerprint density at radius 3 is 2.37 bits per heavy atom. The highest BCUT2D eigenvalue weighted by Crippen LogP contribution is 2.15. The summed E-state index contributed by atoms with van der Waals surface area (Å²) in [6, 6.07) is 14.9. The lowest BCUT2D eigenvalue weighted by atomic mass is 10.3. The van der Waals surface area contributed by atoms with Gasteiger partial charge >= 0.3 is 0 Å². The van der Waals surface area contributed by atoms with Crippen molar-refractivity contribution in [1.82, 2.24) is 0 Å². The number of ether oxygens (including phenoxy) is 1. The molecule has 5 heteroatoms. The van der Waals surface area contributed by atoms with Crippen LogP contribution in [-0.4, -0.2) is 12.5 Å². The summed E-state index contributed by atoms with van der Waals surface area (Å²) in [5.41, 5.74) is 0.749. The van der Waals surface area contributed by atoms with Gasteiger partial charge < -0.3 is 10.1 Å². The lowest BCUT2D eigenvalue weighted by Crippen LogP contribution is -2.20. The van der Waals surface area contributed by atoms with Crippen LogP contribution in [0.2, 0.25) is 0 Å². The topological polar surface area (TPSA) is 38.3 Å². The normalized spacial score (nSPS) is 10.0. The van der Waals surface area contributed by atoms with Crippen LogP contribution in [0, 0.1) is 3.57 Å². The molecule has 2 aromatic carbocycles. The minimum atomic E-state index is -0.180. The molecule has 0 radical (unpaired) electrons. The van der Waals surface area contributed by atoms with Crippen LogP contribution in [-0.2, 0) is 4.79 Å². The number of benzene rings is 2. The summed E-state index contributed by atoms with van der Waals surface area (Å²) in [4.78, 5) is 11.7. The van der Waals surface area contributed by atoms with E-state index in [0.29, 0.717) is 5.75 Å². The summed E-state index contributed by atoms with van der Waals surface area (Å²) in [5.74, 6) is 0.507. The van der Waals surface area contributed by atoms with Gasteiger partial charge in [-0.25, -0.2) is 0 Å². The maximum atomic E-state index is 11.7. The molecule has 0 atom stereocenters. The minimum Gasteiger partial charge on any atom is -0.484 e. The lowest BCUT2D eigenvalue weighted by molar-refractivity contribution is -0.118. The summed E-state index contributed by atoms with van der Waals surface area (Å²) in [6.07, 6.45) is 0. The monoisotopic (exact) mass is 431 g/mol. The molecule has 2 rings (SSSR count). The van der Waals surface area contributed by atoms with E-state index in [1.165, 1.54) is 0 Å². The van der Waals surface area contributed by atoms with Crippen LogP contribution in [0.15, 0.2) is 53.0 Å². The summed E-state index contributed by atoms with van der Waals surface area (Å²) in [7, 11) is 0. The van der Waals surface area contributed by atoms with Gasteiger partial charge in [0.05, 0.1) is 0 Å². The van der Waals surface area contributed by atoms with Crippen molar-refractivity contribution < 1.29 is 9.53 Å². The number of amides is 1. The molecule has 0 fully saturated rings. The molecule has 0 heterocycles. The Hall–Kier alpha value is -1.08. The second-order valence-corrected chi connectivity index (χ2v) is 5.96. The van der Waals surface area contributed by atoms with Crippen molar-refractivity contribution in [2.75, 3.05) is 11.9 Å². The molecular formula is C14H11BrINO2. The largest absolute Gasteiger partial charge is 0.484 e. The number of carbonyl (C=O) groups excluding carboxylic acids is 1. The Kier molecular flexibility index (Phi) is 5.21. The van der Waals surface area contributed by atoms with Crippen LogP contribution < -0.4 is 10.1 Å². The molecule has 0 aliphatic heterocycles. The van der Waals surface area contributed by atoms with Gasteiger partial charge in [-0.3, -0.25) is 4.79 Å². The highest BCUT2D eigenvalue weighted by molar-refractivity contribution is 14.1. The van der Waals surface area contributed by atoms with Gasteiger partial charge in [0, 0.05) is 13.7 Å². The molecule has 0 spiro atoms.